The number of ether oxygens (including phenoxy) is 2. The Hall–Kier alpha value is -2.20. The van der Waals surface area contributed by atoms with Crippen molar-refractivity contribution in [2.24, 2.45) is 5.92 Å². The molecule has 29 heavy (non-hydrogen) atoms. The van der Waals surface area contributed by atoms with Crippen LogP contribution in [-0.2, 0) is 14.3 Å². The Morgan fingerprint density at radius 1 is 1.41 bits per heavy atom. The van der Waals surface area contributed by atoms with Gasteiger partial charge in [-0.25, -0.2) is 0 Å². The first kappa shape index (κ1) is 23.1. The Morgan fingerprint density at radius 2 is 2.14 bits per heavy atom. The van der Waals surface area contributed by atoms with Crippen molar-refractivity contribution >= 4 is 51.0 Å². The third-order valence-corrected chi connectivity index (χ3v) is 4.99. The molecule has 2 N–H and O–H groups in total. The van der Waals surface area contributed by atoms with Crippen LogP contribution in [0, 0.1) is 5.92 Å². The van der Waals surface area contributed by atoms with E-state index in [4.69, 9.17) is 17.0 Å². The Balaban J connectivity index is 2.16. The van der Waals surface area contributed by atoms with Crippen LogP contribution in [0.5, 0.6) is 5.75 Å². The summed E-state index contributed by atoms with van der Waals surface area (Å²) in [6, 6.07) is 4.29. The van der Waals surface area contributed by atoms with Crippen molar-refractivity contribution in [3.8, 4) is 5.75 Å². The van der Waals surface area contributed by atoms with Gasteiger partial charge in [0.2, 0.25) is 5.91 Å². The van der Waals surface area contributed by atoms with Gasteiger partial charge in [-0.05, 0) is 36.3 Å². The molecule has 10 heteroatoms. The van der Waals surface area contributed by atoms with Crippen molar-refractivity contribution in [3.63, 3.8) is 0 Å². The lowest BCUT2D eigenvalue weighted by molar-refractivity contribution is -0.144. The monoisotopic (exact) mass is 485 g/mol. The van der Waals surface area contributed by atoms with Crippen molar-refractivity contribution in [2.75, 3.05) is 26.8 Å². The Morgan fingerprint density at radius 3 is 2.79 bits per heavy atom. The molecule has 1 atom stereocenters. The number of halogens is 1. The molecule has 0 aromatic heterocycles. The maximum absolute atomic E-state index is 12.9. The van der Waals surface area contributed by atoms with Crippen molar-refractivity contribution in [1.82, 2.24) is 15.5 Å². The average molecular weight is 486 g/mol. The summed E-state index contributed by atoms with van der Waals surface area (Å²) in [6.07, 6.45) is -0.169. The SMILES string of the molecule is COC(=O)CC1C(=O)NCCN1C(=S)NC(=O)c1cc(Br)ccc1OCC(C)C. The van der Waals surface area contributed by atoms with E-state index in [1.54, 1.807) is 18.2 Å². The highest BCUT2D eigenvalue weighted by atomic mass is 79.9. The summed E-state index contributed by atoms with van der Waals surface area (Å²) in [7, 11) is 1.25. The van der Waals surface area contributed by atoms with Gasteiger partial charge in [0, 0.05) is 17.6 Å². The fourth-order valence-electron chi connectivity index (χ4n) is 2.70. The van der Waals surface area contributed by atoms with Gasteiger partial charge in [-0.15, -0.1) is 0 Å². The second-order valence-electron chi connectivity index (χ2n) is 6.89. The van der Waals surface area contributed by atoms with Crippen LogP contribution in [0.2, 0.25) is 0 Å². The molecule has 1 aliphatic heterocycles. The van der Waals surface area contributed by atoms with Crippen LogP contribution in [0.3, 0.4) is 0 Å². The molecule has 2 amide bonds. The summed E-state index contributed by atoms with van der Waals surface area (Å²) in [4.78, 5) is 38.3. The molecule has 8 nitrogen and oxygen atoms in total. The molecule has 158 valence electrons. The van der Waals surface area contributed by atoms with Gasteiger partial charge in [0.05, 0.1) is 25.7 Å². The van der Waals surface area contributed by atoms with Gasteiger partial charge in [0.1, 0.15) is 11.8 Å². The zero-order valence-corrected chi connectivity index (χ0v) is 18.9. The topological polar surface area (TPSA) is 97.0 Å². The Labute approximate surface area is 183 Å². The molecule has 0 aliphatic carbocycles. The van der Waals surface area contributed by atoms with Crippen LogP contribution in [0.15, 0.2) is 22.7 Å². The maximum Gasteiger partial charge on any atom is 0.308 e. The van der Waals surface area contributed by atoms with E-state index in [1.807, 2.05) is 13.8 Å². The molecule has 0 radical (unpaired) electrons. The van der Waals surface area contributed by atoms with Gasteiger partial charge < -0.3 is 19.7 Å². The van der Waals surface area contributed by atoms with Gasteiger partial charge in [0.25, 0.3) is 5.91 Å². The predicted molar refractivity (Wildman–Crippen MR) is 115 cm³/mol. The van der Waals surface area contributed by atoms with Gasteiger partial charge >= 0.3 is 5.97 Å². The molecule has 1 fully saturated rings. The minimum atomic E-state index is -0.844. The number of carbonyl (C=O) groups is 3. The molecule has 0 spiro atoms. The molecule has 1 aromatic rings. The van der Waals surface area contributed by atoms with Crippen LogP contribution in [0.4, 0.5) is 0 Å². The number of hydrogen-bond donors (Lipinski definition) is 2. The first-order chi connectivity index (χ1) is 13.7. The highest BCUT2D eigenvalue weighted by Gasteiger charge is 2.34. The Bertz CT molecular complexity index is 802. The standard InChI is InChI=1S/C19H24BrN3O5S/c1-11(2)10-28-15-5-4-12(20)8-13(15)17(25)22-19(29)23-7-6-21-18(26)14(23)9-16(24)27-3/h4-5,8,11,14H,6-7,9-10H2,1-3H3,(H,21,26)(H,22,25,29). The number of methoxy groups -OCH3 is 1. The summed E-state index contributed by atoms with van der Waals surface area (Å²) in [5.74, 6) is -0.617. The molecule has 0 saturated carbocycles. The van der Waals surface area contributed by atoms with E-state index < -0.39 is 17.9 Å². The van der Waals surface area contributed by atoms with Gasteiger partial charge in [-0.1, -0.05) is 29.8 Å². The lowest BCUT2D eigenvalue weighted by Gasteiger charge is -2.36. The number of nitrogens with zero attached hydrogens (tertiary/aromatic N) is 1. The predicted octanol–water partition coefficient (Wildman–Crippen LogP) is 1.86. The lowest BCUT2D eigenvalue weighted by atomic mass is 10.1. The maximum atomic E-state index is 12.9. The van der Waals surface area contributed by atoms with E-state index in [1.165, 1.54) is 12.0 Å². The van der Waals surface area contributed by atoms with Gasteiger partial charge in [-0.3, -0.25) is 19.7 Å². The smallest absolute Gasteiger partial charge is 0.308 e. The molecule has 1 heterocycles. The second kappa shape index (κ2) is 10.5. The minimum Gasteiger partial charge on any atom is -0.492 e. The van der Waals surface area contributed by atoms with Crippen molar-refractivity contribution < 1.29 is 23.9 Å². The molecular weight excluding hydrogens is 462 g/mol. The lowest BCUT2D eigenvalue weighted by Crippen LogP contribution is -2.60. The number of thiocarbonyl (C=S) groups is 1. The normalized spacial score (nSPS) is 16.2. The van der Waals surface area contributed by atoms with E-state index in [2.05, 4.69) is 31.3 Å². The van der Waals surface area contributed by atoms with Crippen molar-refractivity contribution in [2.45, 2.75) is 26.3 Å². The minimum absolute atomic E-state index is 0.0635. The third kappa shape index (κ3) is 6.40. The number of esters is 1. The zero-order chi connectivity index (χ0) is 21.6. The van der Waals surface area contributed by atoms with Gasteiger partial charge in [-0.2, -0.15) is 0 Å². The van der Waals surface area contributed by atoms with E-state index in [0.29, 0.717) is 41.4 Å². The number of piperazine rings is 1. The highest BCUT2D eigenvalue weighted by molar-refractivity contribution is 9.10. The van der Waals surface area contributed by atoms with E-state index in [9.17, 15) is 14.4 Å². The number of amides is 2. The average Bonchev–Trinajstić information content (AvgIpc) is 2.68. The quantitative estimate of drug-likeness (QED) is 0.468. The first-order valence-electron chi connectivity index (χ1n) is 9.11. The van der Waals surface area contributed by atoms with E-state index in [0.717, 1.165) is 0 Å². The summed E-state index contributed by atoms with van der Waals surface area (Å²) in [5.41, 5.74) is 0.313. The fourth-order valence-corrected chi connectivity index (χ4v) is 3.37. The number of benzene rings is 1. The number of rotatable bonds is 6. The van der Waals surface area contributed by atoms with Gasteiger partial charge in [0.15, 0.2) is 5.11 Å². The highest BCUT2D eigenvalue weighted by Crippen LogP contribution is 2.24. The fraction of sp³-hybridized carbons (Fsp3) is 0.474. The number of carbonyl (C=O) groups excluding carboxylic acids is 3. The molecule has 1 aromatic carbocycles. The largest absolute Gasteiger partial charge is 0.492 e. The molecule has 0 bridgehead atoms. The van der Waals surface area contributed by atoms with Crippen LogP contribution >= 0.6 is 28.1 Å². The first-order valence-corrected chi connectivity index (χ1v) is 10.3. The van der Waals surface area contributed by atoms with E-state index in [-0.39, 0.29) is 17.4 Å². The van der Waals surface area contributed by atoms with Crippen LogP contribution < -0.4 is 15.4 Å². The summed E-state index contributed by atoms with van der Waals surface area (Å²) in [5, 5.41) is 5.40. The molecule has 1 saturated heterocycles. The molecule has 1 unspecified atom stereocenters. The van der Waals surface area contributed by atoms with Crippen molar-refractivity contribution in [1.29, 1.82) is 0 Å². The molecule has 2 rings (SSSR count). The van der Waals surface area contributed by atoms with Crippen LogP contribution in [0.1, 0.15) is 30.6 Å². The number of hydrogen-bond acceptors (Lipinski definition) is 6. The van der Waals surface area contributed by atoms with Crippen LogP contribution in [-0.4, -0.2) is 60.6 Å². The van der Waals surface area contributed by atoms with E-state index >= 15 is 0 Å². The summed E-state index contributed by atoms with van der Waals surface area (Å²) < 4.78 is 11.1. The summed E-state index contributed by atoms with van der Waals surface area (Å²) >= 11 is 8.72. The van der Waals surface area contributed by atoms with Crippen molar-refractivity contribution in [3.05, 3.63) is 28.2 Å². The molecule has 1 aliphatic rings. The second-order valence-corrected chi connectivity index (χ2v) is 8.19. The number of nitrogens with one attached hydrogen (secondary N) is 2. The van der Waals surface area contributed by atoms with Crippen LogP contribution in [0.25, 0.3) is 0 Å². The Kier molecular flexibility index (Phi) is 8.39. The zero-order valence-electron chi connectivity index (χ0n) is 16.5. The molecular formula is C19H24BrN3O5S. The summed E-state index contributed by atoms with van der Waals surface area (Å²) in [6.45, 7) is 5.20. The third-order valence-electron chi connectivity index (χ3n) is 4.16.